The zero-order valence-electron chi connectivity index (χ0n) is 11.8. The first kappa shape index (κ1) is 16.1. The maximum Gasteiger partial charge on any atom is 0.237 e. The molecule has 1 aromatic carbocycles. The molecule has 0 aromatic heterocycles. The molecule has 0 spiro atoms. The van der Waals surface area contributed by atoms with Crippen molar-refractivity contribution in [2.24, 2.45) is 10.9 Å². The van der Waals surface area contributed by atoms with E-state index in [1.54, 1.807) is 20.8 Å². The maximum atomic E-state index is 12.1. The van der Waals surface area contributed by atoms with Crippen LogP contribution in [0.4, 0.5) is 5.69 Å². The van der Waals surface area contributed by atoms with Crippen LogP contribution in [-0.2, 0) is 10.0 Å². The third-order valence-electron chi connectivity index (χ3n) is 2.66. The van der Waals surface area contributed by atoms with Crippen LogP contribution in [0.3, 0.4) is 0 Å². The van der Waals surface area contributed by atoms with Crippen molar-refractivity contribution in [1.29, 1.82) is 0 Å². The molecule has 0 heterocycles. The number of nitrogens with one attached hydrogen (secondary N) is 1. The van der Waals surface area contributed by atoms with Crippen LogP contribution in [-0.4, -0.2) is 31.3 Å². The van der Waals surface area contributed by atoms with Gasteiger partial charge in [0.05, 0.1) is 17.5 Å². The molecule has 0 unspecified atom stereocenters. The Morgan fingerprint density at radius 3 is 2.45 bits per heavy atom. The molecule has 1 aromatic rings. The molecule has 1 rings (SSSR count). The highest BCUT2D eigenvalue weighted by Crippen LogP contribution is 2.29. The van der Waals surface area contributed by atoms with E-state index in [9.17, 15) is 8.42 Å². The number of amidine groups is 1. The Balaban J connectivity index is 3.22. The summed E-state index contributed by atoms with van der Waals surface area (Å²) in [5, 5.41) is 11.5. The van der Waals surface area contributed by atoms with Gasteiger partial charge in [-0.05, 0) is 39.0 Å². The SMILES string of the molecule is COc1cc(/C(N)=N/O)ccc1NS(=O)(=O)C(C)(C)C. The zero-order chi connectivity index (χ0) is 15.6. The summed E-state index contributed by atoms with van der Waals surface area (Å²) < 4.78 is 30.8. The summed E-state index contributed by atoms with van der Waals surface area (Å²) >= 11 is 0. The standard InChI is InChI=1S/C12H19N3O4S/c1-12(2,3)20(17,18)15-9-6-5-8(11(13)14-16)7-10(9)19-4/h5-7,15-16H,1-4H3,(H2,13,14). The van der Waals surface area contributed by atoms with E-state index in [-0.39, 0.29) is 17.3 Å². The Morgan fingerprint density at radius 2 is 2.00 bits per heavy atom. The smallest absolute Gasteiger partial charge is 0.237 e. The lowest BCUT2D eigenvalue weighted by Crippen LogP contribution is -2.33. The van der Waals surface area contributed by atoms with Gasteiger partial charge in [-0.1, -0.05) is 5.16 Å². The van der Waals surface area contributed by atoms with E-state index in [1.165, 1.54) is 25.3 Å². The fraction of sp³-hybridized carbons (Fsp3) is 0.417. The second kappa shape index (κ2) is 5.58. The number of nitrogens with zero attached hydrogens (tertiary/aromatic N) is 1. The summed E-state index contributed by atoms with van der Waals surface area (Å²) in [6, 6.07) is 4.50. The molecular formula is C12H19N3O4S. The molecule has 0 radical (unpaired) electrons. The average molecular weight is 301 g/mol. The fourth-order valence-electron chi connectivity index (χ4n) is 1.29. The Kier molecular flexibility index (Phi) is 4.49. The van der Waals surface area contributed by atoms with Crippen molar-refractivity contribution in [3.05, 3.63) is 23.8 Å². The molecule has 0 aliphatic rings. The molecule has 20 heavy (non-hydrogen) atoms. The van der Waals surface area contributed by atoms with Gasteiger partial charge in [-0.2, -0.15) is 0 Å². The van der Waals surface area contributed by atoms with Gasteiger partial charge in [-0.3, -0.25) is 4.72 Å². The van der Waals surface area contributed by atoms with Gasteiger partial charge in [0.25, 0.3) is 0 Å². The van der Waals surface area contributed by atoms with Crippen molar-refractivity contribution in [3.8, 4) is 5.75 Å². The highest BCUT2D eigenvalue weighted by Gasteiger charge is 2.29. The largest absolute Gasteiger partial charge is 0.495 e. The van der Waals surface area contributed by atoms with E-state index in [2.05, 4.69) is 9.88 Å². The lowest BCUT2D eigenvalue weighted by molar-refractivity contribution is 0.318. The number of sulfonamides is 1. The van der Waals surface area contributed by atoms with Crippen LogP contribution in [0.15, 0.2) is 23.4 Å². The maximum absolute atomic E-state index is 12.1. The van der Waals surface area contributed by atoms with Crippen molar-refractivity contribution in [3.63, 3.8) is 0 Å². The molecule has 0 amide bonds. The summed E-state index contributed by atoms with van der Waals surface area (Å²) in [6.45, 7) is 4.77. The molecule has 0 saturated carbocycles. The molecule has 0 saturated heterocycles. The minimum Gasteiger partial charge on any atom is -0.495 e. The number of methoxy groups -OCH3 is 1. The Bertz CT molecular complexity index is 618. The Hall–Kier alpha value is -1.96. The molecule has 4 N–H and O–H groups in total. The summed E-state index contributed by atoms with van der Waals surface area (Å²) in [7, 11) is -2.16. The lowest BCUT2D eigenvalue weighted by atomic mass is 10.2. The molecule has 0 aliphatic carbocycles. The van der Waals surface area contributed by atoms with Gasteiger partial charge in [0.15, 0.2) is 5.84 Å². The van der Waals surface area contributed by atoms with Crippen molar-refractivity contribution in [2.75, 3.05) is 11.8 Å². The number of hydrogen-bond donors (Lipinski definition) is 3. The highest BCUT2D eigenvalue weighted by atomic mass is 32.2. The van der Waals surface area contributed by atoms with Crippen LogP contribution in [0.1, 0.15) is 26.3 Å². The quantitative estimate of drug-likeness (QED) is 0.336. The van der Waals surface area contributed by atoms with E-state index in [0.717, 1.165) is 0 Å². The number of rotatable bonds is 4. The highest BCUT2D eigenvalue weighted by molar-refractivity contribution is 7.94. The number of hydrogen-bond acceptors (Lipinski definition) is 5. The first-order valence-electron chi connectivity index (χ1n) is 5.80. The van der Waals surface area contributed by atoms with E-state index in [4.69, 9.17) is 15.7 Å². The topological polar surface area (TPSA) is 114 Å². The van der Waals surface area contributed by atoms with Crippen LogP contribution in [0.2, 0.25) is 0 Å². The molecule has 0 atom stereocenters. The monoisotopic (exact) mass is 301 g/mol. The average Bonchev–Trinajstić information content (AvgIpc) is 2.36. The number of anilines is 1. The minimum atomic E-state index is -3.56. The Morgan fingerprint density at radius 1 is 1.40 bits per heavy atom. The minimum absolute atomic E-state index is 0.0893. The van der Waals surface area contributed by atoms with Gasteiger partial charge in [0, 0.05) is 5.56 Å². The van der Waals surface area contributed by atoms with E-state index >= 15 is 0 Å². The van der Waals surface area contributed by atoms with Gasteiger partial charge in [0.1, 0.15) is 5.75 Å². The third kappa shape index (κ3) is 3.32. The predicted octanol–water partition coefficient (Wildman–Crippen LogP) is 1.33. The van der Waals surface area contributed by atoms with Gasteiger partial charge >= 0.3 is 0 Å². The van der Waals surface area contributed by atoms with Crippen LogP contribution < -0.4 is 15.2 Å². The van der Waals surface area contributed by atoms with Gasteiger partial charge in [-0.25, -0.2) is 8.42 Å². The van der Waals surface area contributed by atoms with Crippen molar-refractivity contribution in [2.45, 2.75) is 25.5 Å². The second-order valence-electron chi connectivity index (χ2n) is 5.12. The van der Waals surface area contributed by atoms with E-state index < -0.39 is 14.8 Å². The van der Waals surface area contributed by atoms with E-state index in [0.29, 0.717) is 5.56 Å². The predicted molar refractivity (Wildman–Crippen MR) is 77.8 cm³/mol. The van der Waals surface area contributed by atoms with Gasteiger partial charge in [0.2, 0.25) is 10.0 Å². The van der Waals surface area contributed by atoms with E-state index in [1.807, 2.05) is 0 Å². The number of nitrogens with two attached hydrogens (primary N) is 1. The van der Waals surface area contributed by atoms with Crippen molar-refractivity contribution >= 4 is 21.5 Å². The molecule has 8 heteroatoms. The zero-order valence-corrected chi connectivity index (χ0v) is 12.7. The second-order valence-corrected chi connectivity index (χ2v) is 7.55. The third-order valence-corrected chi connectivity index (χ3v) is 4.76. The normalized spacial score (nSPS) is 13.1. The van der Waals surface area contributed by atoms with Crippen LogP contribution in [0.5, 0.6) is 5.75 Å². The van der Waals surface area contributed by atoms with Crippen LogP contribution >= 0.6 is 0 Å². The number of oxime groups is 1. The molecular weight excluding hydrogens is 282 g/mol. The molecule has 7 nitrogen and oxygen atoms in total. The summed E-state index contributed by atoms with van der Waals surface area (Å²) in [5.74, 6) is 0.190. The first-order chi connectivity index (χ1) is 9.12. The van der Waals surface area contributed by atoms with Crippen molar-refractivity contribution < 1.29 is 18.4 Å². The molecule has 0 bridgehead atoms. The summed E-state index contributed by atoms with van der Waals surface area (Å²) in [6.07, 6.45) is 0. The summed E-state index contributed by atoms with van der Waals surface area (Å²) in [4.78, 5) is 0. The Labute approximate surface area is 118 Å². The first-order valence-corrected chi connectivity index (χ1v) is 7.29. The van der Waals surface area contributed by atoms with Gasteiger partial charge < -0.3 is 15.7 Å². The van der Waals surface area contributed by atoms with Crippen molar-refractivity contribution in [1.82, 2.24) is 0 Å². The lowest BCUT2D eigenvalue weighted by Gasteiger charge is -2.21. The fourth-order valence-corrected chi connectivity index (χ4v) is 2.05. The summed E-state index contributed by atoms with van der Waals surface area (Å²) in [5.41, 5.74) is 6.18. The van der Waals surface area contributed by atoms with Crippen LogP contribution in [0, 0.1) is 0 Å². The van der Waals surface area contributed by atoms with Gasteiger partial charge in [-0.15, -0.1) is 0 Å². The van der Waals surface area contributed by atoms with Crippen LogP contribution in [0.25, 0.3) is 0 Å². The number of benzene rings is 1. The molecule has 0 fully saturated rings. The molecule has 112 valence electrons. The number of ether oxygens (including phenoxy) is 1. The molecule has 0 aliphatic heterocycles.